The van der Waals surface area contributed by atoms with Gasteiger partial charge in [0.2, 0.25) is 0 Å². The number of hydrogen-bond donors (Lipinski definition) is 1. The van der Waals surface area contributed by atoms with E-state index in [0.29, 0.717) is 0 Å². The second kappa shape index (κ2) is 6.04. The van der Waals surface area contributed by atoms with Crippen LogP contribution in [-0.2, 0) is 0 Å². The molecule has 2 atom stereocenters. The van der Waals surface area contributed by atoms with Crippen molar-refractivity contribution < 1.29 is 0 Å². The van der Waals surface area contributed by atoms with Gasteiger partial charge in [0.1, 0.15) is 0 Å². The van der Waals surface area contributed by atoms with Gasteiger partial charge in [-0.3, -0.25) is 9.80 Å². The fraction of sp³-hybridized carbons (Fsp3) is 0.625. The number of nitrogens with two attached hydrogens (primary N) is 1. The smallest absolute Gasteiger partial charge is 0.0424 e. The molecule has 2 aliphatic heterocycles. The molecule has 2 N–H and O–H groups in total. The molecular weight excluding hydrogens is 234 g/mol. The summed E-state index contributed by atoms with van der Waals surface area (Å²) < 4.78 is 0. The number of piperazine rings is 1. The number of piperidine rings is 1. The molecule has 0 spiro atoms. The molecule has 3 rings (SSSR count). The molecular formula is C16H25N3. The first-order valence-corrected chi connectivity index (χ1v) is 7.60. The van der Waals surface area contributed by atoms with Crippen LogP contribution in [0.4, 0.5) is 0 Å². The maximum absolute atomic E-state index is 6.34. The van der Waals surface area contributed by atoms with Gasteiger partial charge in [-0.2, -0.15) is 0 Å². The summed E-state index contributed by atoms with van der Waals surface area (Å²) in [4.78, 5) is 5.23. The summed E-state index contributed by atoms with van der Waals surface area (Å²) >= 11 is 0. The lowest BCUT2D eigenvalue weighted by Gasteiger charge is -2.44. The van der Waals surface area contributed by atoms with Gasteiger partial charge >= 0.3 is 0 Å². The summed E-state index contributed by atoms with van der Waals surface area (Å²) in [6, 6.07) is 11.4. The fourth-order valence-electron chi connectivity index (χ4n) is 3.47. The molecule has 2 unspecified atom stereocenters. The standard InChI is InChI=1S/C16H25N3/c17-16(14-6-2-1-3-7-14)13-18-10-11-19-9-5-4-8-15(19)12-18/h1-3,6-7,15-16H,4-5,8-13,17H2. The van der Waals surface area contributed by atoms with Crippen molar-refractivity contribution in [3.8, 4) is 0 Å². The van der Waals surface area contributed by atoms with E-state index in [2.05, 4.69) is 40.1 Å². The Labute approximate surface area is 116 Å². The molecule has 2 heterocycles. The van der Waals surface area contributed by atoms with Crippen molar-refractivity contribution in [2.45, 2.75) is 31.3 Å². The van der Waals surface area contributed by atoms with Crippen molar-refractivity contribution in [2.75, 3.05) is 32.7 Å². The van der Waals surface area contributed by atoms with Gasteiger partial charge in [0.15, 0.2) is 0 Å². The molecule has 0 aliphatic carbocycles. The molecule has 3 heteroatoms. The third-order valence-corrected chi connectivity index (χ3v) is 4.60. The summed E-state index contributed by atoms with van der Waals surface area (Å²) in [5.74, 6) is 0. The summed E-state index contributed by atoms with van der Waals surface area (Å²) in [6.07, 6.45) is 4.16. The van der Waals surface area contributed by atoms with E-state index in [1.807, 2.05) is 0 Å². The molecule has 19 heavy (non-hydrogen) atoms. The number of fused-ring (bicyclic) bond motifs is 1. The Morgan fingerprint density at radius 1 is 1.11 bits per heavy atom. The van der Waals surface area contributed by atoms with Gasteiger partial charge in [0.05, 0.1) is 0 Å². The lowest BCUT2D eigenvalue weighted by Crippen LogP contribution is -2.55. The van der Waals surface area contributed by atoms with E-state index in [9.17, 15) is 0 Å². The van der Waals surface area contributed by atoms with E-state index in [0.717, 1.165) is 12.6 Å². The molecule has 104 valence electrons. The molecule has 1 aromatic rings. The van der Waals surface area contributed by atoms with Crippen LogP contribution in [0.2, 0.25) is 0 Å². The van der Waals surface area contributed by atoms with Crippen molar-refractivity contribution in [3.63, 3.8) is 0 Å². The van der Waals surface area contributed by atoms with Crippen LogP contribution in [0.3, 0.4) is 0 Å². The molecule has 2 fully saturated rings. The molecule has 3 nitrogen and oxygen atoms in total. The van der Waals surface area contributed by atoms with Crippen LogP contribution in [0, 0.1) is 0 Å². The van der Waals surface area contributed by atoms with Crippen LogP contribution in [0.1, 0.15) is 30.9 Å². The van der Waals surface area contributed by atoms with E-state index < -0.39 is 0 Å². The zero-order chi connectivity index (χ0) is 13.1. The number of benzene rings is 1. The van der Waals surface area contributed by atoms with Crippen LogP contribution in [-0.4, -0.2) is 48.6 Å². The van der Waals surface area contributed by atoms with Gasteiger partial charge < -0.3 is 5.73 Å². The Morgan fingerprint density at radius 3 is 2.79 bits per heavy atom. The van der Waals surface area contributed by atoms with Gasteiger partial charge in [-0.25, -0.2) is 0 Å². The summed E-state index contributed by atoms with van der Waals surface area (Å²) in [6.45, 7) is 5.92. The van der Waals surface area contributed by atoms with Crippen LogP contribution < -0.4 is 5.73 Å². The van der Waals surface area contributed by atoms with Gasteiger partial charge in [-0.05, 0) is 24.9 Å². The Bertz CT molecular complexity index is 392. The molecule has 0 bridgehead atoms. The maximum atomic E-state index is 6.34. The summed E-state index contributed by atoms with van der Waals surface area (Å²) in [5, 5.41) is 0. The predicted molar refractivity (Wildman–Crippen MR) is 79.0 cm³/mol. The van der Waals surface area contributed by atoms with Crippen LogP contribution in [0.5, 0.6) is 0 Å². The number of rotatable bonds is 3. The fourth-order valence-corrected chi connectivity index (χ4v) is 3.47. The molecule has 0 aromatic heterocycles. The first-order valence-electron chi connectivity index (χ1n) is 7.60. The SMILES string of the molecule is NC(CN1CCN2CCCCC2C1)c1ccccc1. The third-order valence-electron chi connectivity index (χ3n) is 4.60. The Balaban J connectivity index is 1.56. The molecule has 0 amide bonds. The molecule has 0 saturated carbocycles. The van der Waals surface area contributed by atoms with Crippen molar-refractivity contribution in [3.05, 3.63) is 35.9 Å². The second-order valence-electron chi connectivity index (χ2n) is 5.96. The monoisotopic (exact) mass is 259 g/mol. The number of hydrogen-bond acceptors (Lipinski definition) is 3. The van der Waals surface area contributed by atoms with E-state index in [1.54, 1.807) is 0 Å². The van der Waals surface area contributed by atoms with Gasteiger partial charge in [0, 0.05) is 38.3 Å². The molecule has 2 aliphatic rings. The minimum absolute atomic E-state index is 0.149. The quantitative estimate of drug-likeness (QED) is 0.899. The average Bonchev–Trinajstić information content (AvgIpc) is 2.48. The third kappa shape index (κ3) is 3.16. The highest BCUT2D eigenvalue weighted by molar-refractivity contribution is 5.18. The zero-order valence-electron chi connectivity index (χ0n) is 11.7. The molecule has 2 saturated heterocycles. The first-order chi connectivity index (χ1) is 9.33. The minimum Gasteiger partial charge on any atom is -0.323 e. The highest BCUT2D eigenvalue weighted by Gasteiger charge is 2.29. The maximum Gasteiger partial charge on any atom is 0.0424 e. The van der Waals surface area contributed by atoms with Gasteiger partial charge in [0.25, 0.3) is 0 Å². The minimum atomic E-state index is 0.149. The summed E-state index contributed by atoms with van der Waals surface area (Å²) in [7, 11) is 0. The van der Waals surface area contributed by atoms with Crippen molar-refractivity contribution >= 4 is 0 Å². The first kappa shape index (κ1) is 13.1. The van der Waals surface area contributed by atoms with Crippen LogP contribution in [0.15, 0.2) is 30.3 Å². The van der Waals surface area contributed by atoms with Crippen LogP contribution in [0.25, 0.3) is 0 Å². The van der Waals surface area contributed by atoms with Crippen molar-refractivity contribution in [2.24, 2.45) is 5.73 Å². The zero-order valence-corrected chi connectivity index (χ0v) is 11.7. The topological polar surface area (TPSA) is 32.5 Å². The van der Waals surface area contributed by atoms with E-state index >= 15 is 0 Å². The Kier molecular flexibility index (Phi) is 4.16. The predicted octanol–water partition coefficient (Wildman–Crippen LogP) is 1.86. The van der Waals surface area contributed by atoms with Crippen molar-refractivity contribution in [1.82, 2.24) is 9.80 Å². The normalized spacial score (nSPS) is 26.9. The second-order valence-corrected chi connectivity index (χ2v) is 5.96. The average molecular weight is 259 g/mol. The lowest BCUT2D eigenvalue weighted by atomic mass is 9.98. The number of nitrogens with zero attached hydrogens (tertiary/aromatic N) is 2. The Hall–Kier alpha value is -0.900. The van der Waals surface area contributed by atoms with E-state index in [1.165, 1.54) is 51.0 Å². The van der Waals surface area contributed by atoms with Gasteiger partial charge in [-0.15, -0.1) is 0 Å². The van der Waals surface area contributed by atoms with E-state index in [4.69, 9.17) is 5.73 Å². The van der Waals surface area contributed by atoms with Crippen LogP contribution >= 0.6 is 0 Å². The highest BCUT2D eigenvalue weighted by atomic mass is 15.3. The summed E-state index contributed by atoms with van der Waals surface area (Å²) in [5.41, 5.74) is 7.60. The van der Waals surface area contributed by atoms with Crippen molar-refractivity contribution in [1.29, 1.82) is 0 Å². The highest BCUT2D eigenvalue weighted by Crippen LogP contribution is 2.22. The molecule has 0 radical (unpaired) electrons. The van der Waals surface area contributed by atoms with E-state index in [-0.39, 0.29) is 6.04 Å². The largest absolute Gasteiger partial charge is 0.323 e. The Morgan fingerprint density at radius 2 is 1.95 bits per heavy atom. The molecule has 1 aromatic carbocycles. The van der Waals surface area contributed by atoms with Gasteiger partial charge in [-0.1, -0.05) is 36.8 Å². The lowest BCUT2D eigenvalue weighted by molar-refractivity contribution is 0.0466.